The van der Waals surface area contributed by atoms with Crippen molar-refractivity contribution in [1.29, 1.82) is 0 Å². The van der Waals surface area contributed by atoms with Crippen LogP contribution in [-0.4, -0.2) is 28.4 Å². The van der Waals surface area contributed by atoms with E-state index in [9.17, 15) is 4.79 Å². The van der Waals surface area contributed by atoms with Crippen LogP contribution >= 0.6 is 23.1 Å². The predicted octanol–water partition coefficient (Wildman–Crippen LogP) is 2.85. The maximum absolute atomic E-state index is 12.0. The molecule has 2 heterocycles. The van der Waals surface area contributed by atoms with Gasteiger partial charge in [0.15, 0.2) is 0 Å². The quantitative estimate of drug-likeness (QED) is 0.790. The van der Waals surface area contributed by atoms with Crippen LogP contribution in [0.2, 0.25) is 5.02 Å². The third kappa shape index (κ3) is 2.14. The molecular formula is C13H12ClN3OS. The summed E-state index contributed by atoms with van der Waals surface area (Å²) in [5.41, 5.74) is 0.860. The van der Waals surface area contributed by atoms with Crippen LogP contribution < -0.4 is 5.56 Å². The zero-order valence-corrected chi connectivity index (χ0v) is 12.1. The van der Waals surface area contributed by atoms with Crippen molar-refractivity contribution in [2.75, 3.05) is 14.1 Å². The Bertz CT molecular complexity index is 822. The molecule has 98 valence electrons. The van der Waals surface area contributed by atoms with Gasteiger partial charge in [-0.3, -0.25) is 4.79 Å². The van der Waals surface area contributed by atoms with Crippen LogP contribution in [0.3, 0.4) is 0 Å². The second-order valence-electron chi connectivity index (χ2n) is 4.72. The summed E-state index contributed by atoms with van der Waals surface area (Å²) in [5.74, 6) is 0. The Kier molecular flexibility index (Phi) is 3.05. The number of aromatic amines is 1. The highest BCUT2D eigenvalue weighted by molar-refractivity contribution is 7.13. The van der Waals surface area contributed by atoms with Crippen molar-refractivity contribution in [1.82, 2.24) is 14.3 Å². The van der Waals surface area contributed by atoms with Gasteiger partial charge in [0.1, 0.15) is 4.83 Å². The molecule has 0 saturated carbocycles. The van der Waals surface area contributed by atoms with Crippen LogP contribution in [0.25, 0.3) is 21.0 Å². The van der Waals surface area contributed by atoms with E-state index in [0.717, 1.165) is 27.8 Å². The van der Waals surface area contributed by atoms with E-state index < -0.39 is 0 Å². The molecule has 2 aromatic heterocycles. The van der Waals surface area contributed by atoms with Crippen molar-refractivity contribution in [3.8, 4) is 0 Å². The molecule has 1 aromatic carbocycles. The fourth-order valence-corrected chi connectivity index (χ4v) is 3.17. The minimum absolute atomic E-state index is 0.120. The van der Waals surface area contributed by atoms with Gasteiger partial charge in [0.2, 0.25) is 0 Å². The molecule has 0 unspecified atom stereocenters. The molecule has 3 aromatic rings. The molecule has 0 spiro atoms. The first-order valence-electron chi connectivity index (χ1n) is 5.81. The summed E-state index contributed by atoms with van der Waals surface area (Å²) in [6.07, 6.45) is 0. The third-order valence-electron chi connectivity index (χ3n) is 2.95. The van der Waals surface area contributed by atoms with Gasteiger partial charge in [-0.1, -0.05) is 17.7 Å². The number of pyridine rings is 1. The molecule has 4 nitrogen and oxygen atoms in total. The lowest BCUT2D eigenvalue weighted by molar-refractivity contribution is 0.400. The van der Waals surface area contributed by atoms with Crippen molar-refractivity contribution >= 4 is 44.1 Å². The molecule has 3 rings (SSSR count). The number of aromatic nitrogens is 2. The lowest BCUT2D eigenvalue weighted by Gasteiger charge is -2.08. The summed E-state index contributed by atoms with van der Waals surface area (Å²) in [4.78, 5) is 17.8. The largest absolute Gasteiger partial charge is 0.312 e. The van der Waals surface area contributed by atoms with E-state index in [2.05, 4.69) is 14.3 Å². The van der Waals surface area contributed by atoms with E-state index in [1.165, 1.54) is 11.5 Å². The molecule has 1 N–H and O–H groups in total. The van der Waals surface area contributed by atoms with Gasteiger partial charge < -0.3 is 9.88 Å². The standard InChI is InChI=1S/C13H12ClN3OS/c1-17(2)6-10-11-8-4-3-7(14)5-9(8)12(18)15-13(11)19-16-10/h3-5H,6H2,1-2H3,(H,15,18). The average molecular weight is 294 g/mol. The number of H-pyrrole nitrogens is 1. The third-order valence-corrected chi connectivity index (χ3v) is 3.99. The van der Waals surface area contributed by atoms with E-state index >= 15 is 0 Å². The number of nitrogens with zero attached hydrogens (tertiary/aromatic N) is 2. The Morgan fingerprint density at radius 3 is 2.89 bits per heavy atom. The van der Waals surface area contributed by atoms with Crippen molar-refractivity contribution < 1.29 is 0 Å². The summed E-state index contributed by atoms with van der Waals surface area (Å²) in [6.45, 7) is 0.740. The lowest BCUT2D eigenvalue weighted by Crippen LogP contribution is -2.11. The Hall–Kier alpha value is -1.43. The second-order valence-corrected chi connectivity index (χ2v) is 5.93. The fraction of sp³-hybridized carbons (Fsp3) is 0.231. The normalized spacial score (nSPS) is 11.8. The van der Waals surface area contributed by atoms with Crippen LogP contribution in [0.5, 0.6) is 0 Å². The van der Waals surface area contributed by atoms with Gasteiger partial charge in [-0.2, -0.15) is 4.37 Å². The smallest absolute Gasteiger partial charge is 0.257 e. The summed E-state index contributed by atoms with van der Waals surface area (Å²) in [7, 11) is 3.99. The van der Waals surface area contributed by atoms with Crippen LogP contribution in [0.1, 0.15) is 5.69 Å². The first kappa shape index (κ1) is 12.6. The van der Waals surface area contributed by atoms with Crippen molar-refractivity contribution in [3.05, 3.63) is 39.3 Å². The van der Waals surface area contributed by atoms with Crippen molar-refractivity contribution in [2.24, 2.45) is 0 Å². The maximum Gasteiger partial charge on any atom is 0.257 e. The van der Waals surface area contributed by atoms with Gasteiger partial charge in [0.05, 0.1) is 5.69 Å². The van der Waals surface area contributed by atoms with Gasteiger partial charge in [0.25, 0.3) is 5.56 Å². The van der Waals surface area contributed by atoms with Crippen molar-refractivity contribution in [2.45, 2.75) is 6.54 Å². The minimum atomic E-state index is -0.120. The first-order chi connectivity index (χ1) is 9.06. The SMILES string of the molecule is CN(C)Cc1nsc2[nH]c(=O)c3cc(Cl)ccc3c12. The van der Waals surface area contributed by atoms with Gasteiger partial charge in [0, 0.05) is 22.3 Å². The Morgan fingerprint density at radius 1 is 1.37 bits per heavy atom. The summed E-state index contributed by atoms with van der Waals surface area (Å²) in [5, 5.41) is 3.11. The molecule has 0 fully saturated rings. The molecule has 0 aliphatic heterocycles. The topological polar surface area (TPSA) is 49.0 Å². The van der Waals surface area contributed by atoms with Crippen molar-refractivity contribution in [3.63, 3.8) is 0 Å². The maximum atomic E-state index is 12.0. The number of nitrogens with one attached hydrogen (secondary N) is 1. The van der Waals surface area contributed by atoms with E-state index in [1.54, 1.807) is 12.1 Å². The molecule has 0 bridgehead atoms. The van der Waals surface area contributed by atoms with E-state index in [-0.39, 0.29) is 5.56 Å². The van der Waals surface area contributed by atoms with E-state index in [1.807, 2.05) is 20.2 Å². The number of hydrogen-bond acceptors (Lipinski definition) is 4. The molecule has 0 aliphatic rings. The van der Waals surface area contributed by atoms with Crippen LogP contribution in [0, 0.1) is 0 Å². The Balaban J connectivity index is 2.42. The number of rotatable bonds is 2. The highest BCUT2D eigenvalue weighted by atomic mass is 35.5. The fourth-order valence-electron chi connectivity index (χ4n) is 2.19. The van der Waals surface area contributed by atoms with Gasteiger partial charge in [-0.05, 0) is 43.1 Å². The molecular weight excluding hydrogens is 282 g/mol. The van der Waals surface area contributed by atoms with Crippen LogP contribution in [0.4, 0.5) is 0 Å². The number of benzene rings is 1. The summed E-state index contributed by atoms with van der Waals surface area (Å²) in [6, 6.07) is 5.40. The minimum Gasteiger partial charge on any atom is -0.312 e. The zero-order chi connectivity index (χ0) is 13.6. The molecule has 0 radical (unpaired) electrons. The van der Waals surface area contributed by atoms with Gasteiger partial charge in [-0.15, -0.1) is 0 Å². The van der Waals surface area contributed by atoms with Gasteiger partial charge in [-0.25, -0.2) is 0 Å². The lowest BCUT2D eigenvalue weighted by atomic mass is 10.1. The first-order valence-corrected chi connectivity index (χ1v) is 6.96. The zero-order valence-electron chi connectivity index (χ0n) is 10.5. The Labute approximate surface area is 118 Å². The van der Waals surface area contributed by atoms with E-state index in [0.29, 0.717) is 10.4 Å². The Morgan fingerprint density at radius 2 is 2.16 bits per heavy atom. The summed E-state index contributed by atoms with van der Waals surface area (Å²) < 4.78 is 4.45. The van der Waals surface area contributed by atoms with E-state index in [4.69, 9.17) is 11.6 Å². The summed E-state index contributed by atoms with van der Waals surface area (Å²) >= 11 is 7.29. The number of hydrogen-bond donors (Lipinski definition) is 1. The van der Waals surface area contributed by atoms with Crippen LogP contribution in [-0.2, 0) is 6.54 Å². The van der Waals surface area contributed by atoms with Gasteiger partial charge >= 0.3 is 0 Å². The number of halogens is 1. The highest BCUT2D eigenvalue weighted by Gasteiger charge is 2.13. The number of fused-ring (bicyclic) bond motifs is 3. The molecule has 6 heteroatoms. The molecule has 0 amide bonds. The molecule has 0 aliphatic carbocycles. The molecule has 19 heavy (non-hydrogen) atoms. The monoisotopic (exact) mass is 293 g/mol. The second kappa shape index (κ2) is 4.59. The average Bonchev–Trinajstić information content (AvgIpc) is 2.72. The molecule has 0 atom stereocenters. The van der Waals surface area contributed by atoms with Crippen LogP contribution in [0.15, 0.2) is 23.0 Å². The highest BCUT2D eigenvalue weighted by Crippen LogP contribution is 2.29. The molecule has 0 saturated heterocycles. The predicted molar refractivity (Wildman–Crippen MR) is 80.1 cm³/mol.